The highest BCUT2D eigenvalue weighted by Crippen LogP contribution is 2.32. The third-order valence-corrected chi connectivity index (χ3v) is 5.86. The molecule has 1 aliphatic rings. The fraction of sp³-hybridized carbons (Fsp3) is 0.381. The lowest BCUT2D eigenvalue weighted by molar-refractivity contribution is -0.125. The normalized spacial score (nSPS) is 16.2. The lowest BCUT2D eigenvalue weighted by Gasteiger charge is -2.16. The molecule has 0 aliphatic carbocycles. The first kappa shape index (κ1) is 20.3. The Morgan fingerprint density at radius 2 is 2.40 bits per heavy atom. The molecular weight excluding hydrogens is 405 g/mol. The monoisotopic (exact) mass is 429 g/mol. The van der Waals surface area contributed by atoms with Crippen LogP contribution in [0, 0.1) is 6.92 Å². The van der Waals surface area contributed by atoms with E-state index in [1.165, 1.54) is 17.4 Å². The number of hydrogen-bond donors (Lipinski definition) is 1. The SMILES string of the molecule is C=CC(=O)N1CC[C@H](Oc2nc(Nc3ncc(C)s3)cc3c2ccn3CCCF)C1. The number of fused-ring (bicyclic) bond motifs is 1. The standard InChI is InChI=1S/C21H24FN5O2S/c1-3-19(28)27-9-5-15(13-27)29-20-16-6-10-26(8-4-7-22)17(16)11-18(24-20)25-21-23-12-14(2)30-21/h3,6,10-12,15H,1,4-5,7-9,13H2,2H3,(H,23,24,25)/t15-/m0/s1. The van der Waals surface area contributed by atoms with Gasteiger partial charge in [-0.25, -0.2) is 4.98 Å². The van der Waals surface area contributed by atoms with Crippen LogP contribution >= 0.6 is 11.3 Å². The molecule has 1 fully saturated rings. The molecule has 0 aromatic carbocycles. The number of rotatable bonds is 8. The summed E-state index contributed by atoms with van der Waals surface area (Å²) >= 11 is 1.54. The number of likely N-dealkylation sites (tertiary alicyclic amines) is 1. The molecule has 1 aliphatic heterocycles. The summed E-state index contributed by atoms with van der Waals surface area (Å²) in [6, 6.07) is 3.87. The second kappa shape index (κ2) is 8.83. The van der Waals surface area contributed by atoms with Crippen molar-refractivity contribution in [1.29, 1.82) is 0 Å². The Labute approximate surface area is 178 Å². The number of anilines is 2. The number of halogens is 1. The molecule has 4 rings (SSSR count). The van der Waals surface area contributed by atoms with E-state index in [9.17, 15) is 9.18 Å². The number of carbonyl (C=O) groups excluding carboxylic acids is 1. The van der Waals surface area contributed by atoms with E-state index in [1.54, 1.807) is 11.1 Å². The van der Waals surface area contributed by atoms with Gasteiger partial charge in [-0.15, -0.1) is 11.3 Å². The van der Waals surface area contributed by atoms with Crippen molar-refractivity contribution in [3.63, 3.8) is 0 Å². The predicted octanol–water partition coefficient (Wildman–Crippen LogP) is 4.07. The molecule has 9 heteroatoms. The molecular formula is C21H24FN5O2S. The Hall–Kier alpha value is -2.94. The number of aromatic nitrogens is 3. The summed E-state index contributed by atoms with van der Waals surface area (Å²) in [4.78, 5) is 23.7. The van der Waals surface area contributed by atoms with Crippen LogP contribution in [0.4, 0.5) is 15.3 Å². The Kier molecular flexibility index (Phi) is 5.98. The predicted molar refractivity (Wildman–Crippen MR) is 116 cm³/mol. The third-order valence-electron chi connectivity index (χ3n) is 5.03. The molecule has 0 bridgehead atoms. The number of thiazole rings is 1. The largest absolute Gasteiger partial charge is 0.472 e. The van der Waals surface area contributed by atoms with Crippen molar-refractivity contribution < 1.29 is 13.9 Å². The quantitative estimate of drug-likeness (QED) is 0.547. The summed E-state index contributed by atoms with van der Waals surface area (Å²) in [7, 11) is 0. The molecule has 0 spiro atoms. The first-order valence-corrected chi connectivity index (χ1v) is 10.7. The minimum atomic E-state index is -0.368. The van der Waals surface area contributed by atoms with Crippen LogP contribution in [0.1, 0.15) is 17.7 Å². The number of pyridine rings is 1. The first-order chi connectivity index (χ1) is 14.6. The van der Waals surface area contributed by atoms with Crippen LogP contribution in [0.2, 0.25) is 0 Å². The number of ether oxygens (including phenoxy) is 1. The lowest BCUT2D eigenvalue weighted by atomic mass is 10.3. The highest BCUT2D eigenvalue weighted by Gasteiger charge is 2.27. The smallest absolute Gasteiger partial charge is 0.246 e. The maximum atomic E-state index is 12.7. The Morgan fingerprint density at radius 3 is 3.13 bits per heavy atom. The zero-order chi connectivity index (χ0) is 21.1. The number of carbonyl (C=O) groups is 1. The average molecular weight is 430 g/mol. The Balaban J connectivity index is 1.63. The summed E-state index contributed by atoms with van der Waals surface area (Å²) in [5, 5.41) is 4.85. The van der Waals surface area contributed by atoms with Gasteiger partial charge in [-0.2, -0.15) is 4.98 Å². The number of amides is 1. The first-order valence-electron chi connectivity index (χ1n) is 9.90. The molecule has 0 unspecified atom stereocenters. The second-order valence-corrected chi connectivity index (χ2v) is 8.45. The Morgan fingerprint density at radius 1 is 1.53 bits per heavy atom. The number of hydrogen-bond acceptors (Lipinski definition) is 6. The van der Waals surface area contributed by atoms with Gasteiger partial charge in [0.15, 0.2) is 5.13 Å². The maximum Gasteiger partial charge on any atom is 0.246 e. The van der Waals surface area contributed by atoms with Crippen molar-refractivity contribution >= 4 is 39.1 Å². The number of aryl methyl sites for hydroxylation is 2. The molecule has 1 saturated heterocycles. The van der Waals surface area contributed by atoms with E-state index < -0.39 is 0 Å². The molecule has 158 valence electrons. The van der Waals surface area contributed by atoms with Gasteiger partial charge >= 0.3 is 0 Å². The third kappa shape index (κ3) is 4.30. The summed E-state index contributed by atoms with van der Waals surface area (Å²) in [5.41, 5.74) is 0.918. The summed E-state index contributed by atoms with van der Waals surface area (Å²) in [6.07, 6.45) is 6.08. The summed E-state index contributed by atoms with van der Waals surface area (Å²) in [6.45, 7) is 6.88. The maximum absolute atomic E-state index is 12.7. The van der Waals surface area contributed by atoms with E-state index in [0.29, 0.717) is 37.8 Å². The topological polar surface area (TPSA) is 72.3 Å². The molecule has 0 radical (unpaired) electrons. The van der Waals surface area contributed by atoms with Crippen molar-refractivity contribution in [3.8, 4) is 5.88 Å². The van der Waals surface area contributed by atoms with Gasteiger partial charge in [-0.3, -0.25) is 9.18 Å². The van der Waals surface area contributed by atoms with Gasteiger partial charge in [0, 0.05) is 42.8 Å². The van der Waals surface area contributed by atoms with Crippen molar-refractivity contribution in [2.45, 2.75) is 32.4 Å². The molecule has 1 amide bonds. The molecule has 30 heavy (non-hydrogen) atoms. The number of nitrogens with one attached hydrogen (secondary N) is 1. The molecule has 1 atom stereocenters. The van der Waals surface area contributed by atoms with E-state index >= 15 is 0 Å². The van der Waals surface area contributed by atoms with Gasteiger partial charge in [0.2, 0.25) is 11.8 Å². The van der Waals surface area contributed by atoms with Crippen LogP contribution in [0.3, 0.4) is 0 Å². The van der Waals surface area contributed by atoms with Crippen LogP contribution in [0.25, 0.3) is 10.9 Å². The van der Waals surface area contributed by atoms with E-state index in [4.69, 9.17) is 4.74 Å². The van der Waals surface area contributed by atoms with E-state index in [-0.39, 0.29) is 18.7 Å². The van der Waals surface area contributed by atoms with Crippen molar-refractivity contribution in [1.82, 2.24) is 19.4 Å². The van der Waals surface area contributed by atoms with Crippen LogP contribution in [0.5, 0.6) is 5.88 Å². The summed E-state index contributed by atoms with van der Waals surface area (Å²) in [5.74, 6) is 1.02. The van der Waals surface area contributed by atoms with Gasteiger partial charge < -0.3 is 19.5 Å². The van der Waals surface area contributed by atoms with Crippen molar-refractivity contribution in [2.75, 3.05) is 25.1 Å². The van der Waals surface area contributed by atoms with Crippen LogP contribution in [-0.4, -0.2) is 51.2 Å². The van der Waals surface area contributed by atoms with Gasteiger partial charge in [0.05, 0.1) is 24.1 Å². The van der Waals surface area contributed by atoms with Crippen LogP contribution in [0.15, 0.2) is 37.2 Å². The Bertz CT molecular complexity index is 1060. The van der Waals surface area contributed by atoms with Crippen LogP contribution < -0.4 is 10.1 Å². The van der Waals surface area contributed by atoms with Crippen molar-refractivity contribution in [3.05, 3.63) is 42.1 Å². The molecule has 4 heterocycles. The minimum Gasteiger partial charge on any atom is -0.472 e. The van der Waals surface area contributed by atoms with Gasteiger partial charge in [-0.05, 0) is 25.5 Å². The van der Waals surface area contributed by atoms with Gasteiger partial charge in [0.1, 0.15) is 11.9 Å². The van der Waals surface area contributed by atoms with Crippen LogP contribution in [-0.2, 0) is 11.3 Å². The van der Waals surface area contributed by atoms with Crippen molar-refractivity contribution in [2.24, 2.45) is 0 Å². The number of nitrogens with zero attached hydrogens (tertiary/aromatic N) is 4. The highest BCUT2D eigenvalue weighted by atomic mass is 32.1. The van der Waals surface area contributed by atoms with E-state index in [0.717, 1.165) is 27.3 Å². The fourth-order valence-electron chi connectivity index (χ4n) is 3.57. The van der Waals surface area contributed by atoms with E-state index in [2.05, 4.69) is 21.9 Å². The highest BCUT2D eigenvalue weighted by molar-refractivity contribution is 7.15. The van der Waals surface area contributed by atoms with Gasteiger partial charge in [0.25, 0.3) is 0 Å². The molecule has 7 nitrogen and oxygen atoms in total. The molecule has 3 aromatic heterocycles. The van der Waals surface area contributed by atoms with E-state index in [1.807, 2.05) is 29.8 Å². The lowest BCUT2D eigenvalue weighted by Crippen LogP contribution is -2.29. The fourth-order valence-corrected chi connectivity index (χ4v) is 4.24. The minimum absolute atomic E-state index is 0.0915. The second-order valence-electron chi connectivity index (χ2n) is 7.22. The molecule has 1 N–H and O–H groups in total. The average Bonchev–Trinajstić information content (AvgIpc) is 3.46. The molecule has 0 saturated carbocycles. The van der Waals surface area contributed by atoms with Gasteiger partial charge in [-0.1, -0.05) is 6.58 Å². The zero-order valence-electron chi connectivity index (χ0n) is 16.8. The molecule has 3 aromatic rings. The summed E-state index contributed by atoms with van der Waals surface area (Å²) < 4.78 is 21.0. The zero-order valence-corrected chi connectivity index (χ0v) is 17.6. The number of alkyl halides is 1.